The lowest BCUT2D eigenvalue weighted by Gasteiger charge is -2.16. The molecule has 0 atom stereocenters. The standard InChI is InChI=1S/C19H25N5OS/c1-5-12(2)18(24-19(25)17(21-4)13(3)10-20)22-11-16-23-14-8-6-7-9-15(14)26-16/h6-10,20-22H,5,11H2,1-4H3,(H,24,25)/b17-13-,18-12-,20-10?. The van der Waals surface area contributed by atoms with Crippen molar-refractivity contribution in [3.05, 3.63) is 51.9 Å². The molecule has 0 unspecified atom stereocenters. The van der Waals surface area contributed by atoms with Crippen LogP contribution in [0.1, 0.15) is 32.2 Å². The van der Waals surface area contributed by atoms with Crippen molar-refractivity contribution in [1.82, 2.24) is 20.9 Å². The highest BCUT2D eigenvalue weighted by Gasteiger charge is 2.14. The Morgan fingerprint density at radius 2 is 2.04 bits per heavy atom. The van der Waals surface area contributed by atoms with Crippen LogP contribution < -0.4 is 16.0 Å². The predicted octanol–water partition coefficient (Wildman–Crippen LogP) is 3.29. The molecule has 2 aromatic rings. The van der Waals surface area contributed by atoms with Gasteiger partial charge in [0.2, 0.25) is 0 Å². The molecule has 1 aromatic heterocycles. The summed E-state index contributed by atoms with van der Waals surface area (Å²) >= 11 is 1.64. The van der Waals surface area contributed by atoms with Gasteiger partial charge in [-0.1, -0.05) is 19.1 Å². The van der Waals surface area contributed by atoms with Crippen molar-refractivity contribution in [2.45, 2.75) is 33.7 Å². The Balaban J connectivity index is 2.15. The molecule has 0 aliphatic carbocycles. The van der Waals surface area contributed by atoms with Crippen LogP contribution in [0, 0.1) is 5.41 Å². The summed E-state index contributed by atoms with van der Waals surface area (Å²) in [4.78, 5) is 17.1. The molecule has 26 heavy (non-hydrogen) atoms. The number of hydrogen-bond donors (Lipinski definition) is 4. The van der Waals surface area contributed by atoms with E-state index in [1.165, 1.54) is 0 Å². The Morgan fingerprint density at radius 3 is 2.65 bits per heavy atom. The fraction of sp³-hybridized carbons (Fsp3) is 0.316. The van der Waals surface area contributed by atoms with Crippen molar-refractivity contribution in [3.63, 3.8) is 0 Å². The van der Waals surface area contributed by atoms with Gasteiger partial charge in [-0.2, -0.15) is 0 Å². The Labute approximate surface area is 157 Å². The van der Waals surface area contributed by atoms with Crippen LogP contribution in [0.4, 0.5) is 0 Å². The molecule has 0 fully saturated rings. The first-order valence-electron chi connectivity index (χ1n) is 8.48. The average molecular weight is 372 g/mol. The number of carbonyl (C=O) groups is 1. The van der Waals surface area contributed by atoms with Gasteiger partial charge in [0.25, 0.3) is 5.91 Å². The zero-order chi connectivity index (χ0) is 19.1. The topological polar surface area (TPSA) is 89.9 Å². The molecule has 1 heterocycles. The maximum atomic E-state index is 12.5. The van der Waals surface area contributed by atoms with E-state index < -0.39 is 0 Å². The first kappa shape index (κ1) is 19.7. The molecule has 0 saturated heterocycles. The van der Waals surface area contributed by atoms with Crippen LogP contribution in [0.5, 0.6) is 0 Å². The maximum absolute atomic E-state index is 12.5. The van der Waals surface area contributed by atoms with Gasteiger partial charge in [-0.15, -0.1) is 11.3 Å². The molecular weight excluding hydrogens is 346 g/mol. The number of para-hydroxylation sites is 1. The molecule has 0 aliphatic rings. The lowest BCUT2D eigenvalue weighted by atomic mass is 10.2. The van der Waals surface area contributed by atoms with E-state index in [0.29, 0.717) is 23.6 Å². The molecule has 2 rings (SSSR count). The maximum Gasteiger partial charge on any atom is 0.273 e. The molecule has 0 saturated carbocycles. The van der Waals surface area contributed by atoms with Crippen molar-refractivity contribution in [2.75, 3.05) is 7.05 Å². The van der Waals surface area contributed by atoms with Crippen LogP contribution >= 0.6 is 11.3 Å². The summed E-state index contributed by atoms with van der Waals surface area (Å²) in [5.41, 5.74) is 2.98. The summed E-state index contributed by atoms with van der Waals surface area (Å²) < 4.78 is 1.15. The second kappa shape index (κ2) is 9.15. The van der Waals surface area contributed by atoms with Crippen LogP contribution in [0.2, 0.25) is 0 Å². The number of hydrogen-bond acceptors (Lipinski definition) is 6. The summed E-state index contributed by atoms with van der Waals surface area (Å²) in [5, 5.41) is 17.4. The van der Waals surface area contributed by atoms with Crippen LogP contribution in [0.25, 0.3) is 10.2 Å². The fourth-order valence-corrected chi connectivity index (χ4v) is 3.28. The van der Waals surface area contributed by atoms with E-state index in [2.05, 4.69) is 27.0 Å². The third-order valence-electron chi connectivity index (χ3n) is 4.04. The largest absolute Gasteiger partial charge is 0.383 e. The Hall–Kier alpha value is -2.67. The van der Waals surface area contributed by atoms with E-state index in [-0.39, 0.29) is 5.91 Å². The number of nitrogens with one attached hydrogen (secondary N) is 4. The molecule has 138 valence electrons. The number of benzene rings is 1. The smallest absolute Gasteiger partial charge is 0.273 e. The minimum absolute atomic E-state index is 0.270. The Bertz CT molecular complexity index is 833. The fourth-order valence-electron chi connectivity index (χ4n) is 2.38. The Kier molecular flexibility index (Phi) is 6.91. The lowest BCUT2D eigenvalue weighted by Crippen LogP contribution is -2.36. The number of allylic oxidation sites excluding steroid dienone is 2. The van der Waals surface area contributed by atoms with E-state index in [1.807, 2.05) is 32.0 Å². The molecule has 0 aliphatic heterocycles. The monoisotopic (exact) mass is 371 g/mol. The first-order chi connectivity index (χ1) is 12.5. The molecule has 7 heteroatoms. The third-order valence-corrected chi connectivity index (χ3v) is 5.07. The molecule has 4 N–H and O–H groups in total. The summed E-state index contributed by atoms with van der Waals surface area (Å²) in [5.74, 6) is 0.412. The zero-order valence-electron chi connectivity index (χ0n) is 15.6. The summed E-state index contributed by atoms with van der Waals surface area (Å²) in [7, 11) is 1.67. The van der Waals surface area contributed by atoms with Gasteiger partial charge in [-0.3, -0.25) is 4.79 Å². The average Bonchev–Trinajstić information content (AvgIpc) is 3.07. The minimum atomic E-state index is -0.270. The second-order valence-electron chi connectivity index (χ2n) is 5.84. The normalized spacial score (nSPS) is 12.9. The second-order valence-corrected chi connectivity index (χ2v) is 6.96. The van der Waals surface area contributed by atoms with Crippen molar-refractivity contribution < 1.29 is 4.79 Å². The number of thiazole rings is 1. The summed E-state index contributed by atoms with van der Waals surface area (Å²) in [6.07, 6.45) is 1.97. The molecule has 6 nitrogen and oxygen atoms in total. The van der Waals surface area contributed by atoms with Gasteiger partial charge in [-0.25, -0.2) is 4.98 Å². The van der Waals surface area contributed by atoms with Crippen LogP contribution in [0.3, 0.4) is 0 Å². The molecule has 0 spiro atoms. The van der Waals surface area contributed by atoms with Gasteiger partial charge >= 0.3 is 0 Å². The lowest BCUT2D eigenvalue weighted by molar-refractivity contribution is -0.117. The van der Waals surface area contributed by atoms with Crippen molar-refractivity contribution in [2.24, 2.45) is 0 Å². The number of aromatic nitrogens is 1. The molecule has 1 amide bonds. The minimum Gasteiger partial charge on any atom is -0.383 e. The number of fused-ring (bicyclic) bond motifs is 1. The predicted molar refractivity (Wildman–Crippen MR) is 108 cm³/mol. The van der Waals surface area contributed by atoms with Gasteiger partial charge in [0.15, 0.2) is 0 Å². The van der Waals surface area contributed by atoms with E-state index >= 15 is 0 Å². The van der Waals surface area contributed by atoms with Gasteiger partial charge in [0.1, 0.15) is 16.5 Å². The van der Waals surface area contributed by atoms with Gasteiger partial charge in [0.05, 0.1) is 16.8 Å². The van der Waals surface area contributed by atoms with E-state index in [9.17, 15) is 4.79 Å². The zero-order valence-corrected chi connectivity index (χ0v) is 16.4. The number of carbonyl (C=O) groups excluding carboxylic acids is 1. The summed E-state index contributed by atoms with van der Waals surface area (Å²) in [6.45, 7) is 6.28. The number of likely N-dealkylation sites (N-methyl/N-ethyl adjacent to an activating group) is 1. The molecule has 1 aromatic carbocycles. The molecule has 0 bridgehead atoms. The number of rotatable bonds is 8. The highest BCUT2D eigenvalue weighted by molar-refractivity contribution is 7.18. The first-order valence-corrected chi connectivity index (χ1v) is 9.30. The Morgan fingerprint density at radius 1 is 1.31 bits per heavy atom. The summed E-state index contributed by atoms with van der Waals surface area (Å²) in [6, 6.07) is 8.02. The number of nitrogens with zero attached hydrogens (tertiary/aromatic N) is 1. The van der Waals surface area contributed by atoms with Crippen LogP contribution in [0.15, 0.2) is 46.9 Å². The van der Waals surface area contributed by atoms with E-state index in [0.717, 1.165) is 33.4 Å². The molecule has 0 radical (unpaired) electrons. The van der Waals surface area contributed by atoms with Crippen molar-refractivity contribution in [1.29, 1.82) is 5.41 Å². The van der Waals surface area contributed by atoms with Crippen LogP contribution in [-0.4, -0.2) is 24.2 Å². The number of amides is 1. The SMILES string of the molecule is CC/C(C)=C(/NCc1nc2ccccc2s1)NC(=O)/C(NC)=C(\C)C=N. The van der Waals surface area contributed by atoms with Gasteiger partial charge < -0.3 is 21.4 Å². The van der Waals surface area contributed by atoms with Crippen molar-refractivity contribution in [3.8, 4) is 0 Å². The van der Waals surface area contributed by atoms with Gasteiger partial charge in [-0.05, 0) is 43.5 Å². The highest BCUT2D eigenvalue weighted by Crippen LogP contribution is 2.21. The van der Waals surface area contributed by atoms with Crippen molar-refractivity contribution >= 4 is 33.7 Å². The van der Waals surface area contributed by atoms with E-state index in [4.69, 9.17) is 5.41 Å². The van der Waals surface area contributed by atoms with Gasteiger partial charge in [0, 0.05) is 13.3 Å². The third kappa shape index (κ3) is 4.70. The van der Waals surface area contributed by atoms with Crippen LogP contribution in [-0.2, 0) is 11.3 Å². The quantitative estimate of drug-likeness (QED) is 0.423. The molecular formula is C19H25N5OS. The highest BCUT2D eigenvalue weighted by atomic mass is 32.1. The van der Waals surface area contributed by atoms with E-state index in [1.54, 1.807) is 25.3 Å².